The summed E-state index contributed by atoms with van der Waals surface area (Å²) in [5.41, 5.74) is 4.41. The number of nitrogens with zero attached hydrogens (tertiary/aromatic N) is 1. The second kappa shape index (κ2) is 12.4. The Morgan fingerprint density at radius 1 is 0.946 bits per heavy atom. The highest BCUT2D eigenvalue weighted by Gasteiger charge is 2.24. The molecule has 0 bridgehead atoms. The Labute approximate surface area is 220 Å². The lowest BCUT2D eigenvalue weighted by molar-refractivity contribution is -0.115. The summed E-state index contributed by atoms with van der Waals surface area (Å²) in [6, 6.07) is 23.8. The number of hydrogen-bond acceptors (Lipinski definition) is 4. The molecule has 0 saturated carbocycles. The minimum absolute atomic E-state index is 0.0188. The fourth-order valence-corrected chi connectivity index (χ4v) is 4.87. The molecule has 0 spiro atoms. The van der Waals surface area contributed by atoms with E-state index in [4.69, 9.17) is 4.74 Å². The third-order valence-corrected chi connectivity index (χ3v) is 6.79. The lowest BCUT2D eigenvalue weighted by atomic mass is 9.89. The van der Waals surface area contributed by atoms with Crippen molar-refractivity contribution in [3.8, 4) is 5.75 Å². The van der Waals surface area contributed by atoms with Crippen LogP contribution in [0.2, 0.25) is 0 Å². The molecule has 1 aliphatic heterocycles. The normalized spacial score (nSPS) is 13.9. The summed E-state index contributed by atoms with van der Waals surface area (Å²) < 4.78 is 5.18. The van der Waals surface area contributed by atoms with Crippen molar-refractivity contribution < 1.29 is 14.3 Å². The quantitative estimate of drug-likeness (QED) is 0.409. The van der Waals surface area contributed by atoms with Gasteiger partial charge in [0, 0.05) is 30.5 Å². The van der Waals surface area contributed by atoms with Crippen LogP contribution >= 0.6 is 0 Å². The fraction of sp³-hybridized carbons (Fsp3) is 0.355. The van der Waals surface area contributed by atoms with Gasteiger partial charge < -0.3 is 20.3 Å². The van der Waals surface area contributed by atoms with E-state index in [1.165, 1.54) is 5.56 Å². The molecule has 3 aromatic carbocycles. The molecule has 0 radical (unpaired) electrons. The van der Waals surface area contributed by atoms with Crippen molar-refractivity contribution in [3.63, 3.8) is 0 Å². The molecule has 0 aromatic heterocycles. The number of rotatable bonds is 9. The number of piperidine rings is 1. The summed E-state index contributed by atoms with van der Waals surface area (Å²) in [4.78, 5) is 28.2. The van der Waals surface area contributed by atoms with Gasteiger partial charge in [-0.2, -0.15) is 0 Å². The summed E-state index contributed by atoms with van der Waals surface area (Å²) in [7, 11) is 1.62. The second-order valence-corrected chi connectivity index (χ2v) is 10.1. The van der Waals surface area contributed by atoms with E-state index < -0.39 is 0 Å². The van der Waals surface area contributed by atoms with Gasteiger partial charge in [-0.15, -0.1) is 0 Å². The maximum Gasteiger partial charge on any atom is 0.253 e. The van der Waals surface area contributed by atoms with E-state index in [0.29, 0.717) is 17.2 Å². The molecular formula is C31H37N3O3. The van der Waals surface area contributed by atoms with Crippen molar-refractivity contribution in [2.45, 2.75) is 45.6 Å². The van der Waals surface area contributed by atoms with Crippen LogP contribution < -0.4 is 20.3 Å². The number of carbonyl (C=O) groups is 2. The molecule has 0 aliphatic carbocycles. The standard InChI is InChI=1S/C31H37N3O3/c1-22(2)32-31(36)28-21-26(33-30(35)20-24-9-12-27(37-3)13-10-24)11-14-29(28)34-17-15-25(16-18-34)19-23-7-5-4-6-8-23/h4-14,21-22,25H,15-20H2,1-3H3,(H,32,36)(H,33,35). The van der Waals surface area contributed by atoms with Crippen molar-refractivity contribution in [2.75, 3.05) is 30.4 Å². The third kappa shape index (κ3) is 7.35. The Kier molecular flexibility index (Phi) is 8.83. The van der Waals surface area contributed by atoms with Crippen molar-refractivity contribution in [1.29, 1.82) is 0 Å². The summed E-state index contributed by atoms with van der Waals surface area (Å²) in [6.07, 6.45) is 3.50. The zero-order valence-electron chi connectivity index (χ0n) is 22.0. The smallest absolute Gasteiger partial charge is 0.253 e. The average molecular weight is 500 g/mol. The van der Waals surface area contributed by atoms with Crippen LogP contribution in [0.3, 0.4) is 0 Å². The van der Waals surface area contributed by atoms with E-state index in [0.717, 1.165) is 49.4 Å². The highest BCUT2D eigenvalue weighted by atomic mass is 16.5. The van der Waals surface area contributed by atoms with Crippen molar-refractivity contribution in [1.82, 2.24) is 5.32 Å². The average Bonchev–Trinajstić information content (AvgIpc) is 2.90. The number of ether oxygens (including phenoxy) is 1. The Balaban J connectivity index is 1.45. The lowest BCUT2D eigenvalue weighted by Crippen LogP contribution is -2.37. The molecule has 4 rings (SSSR count). The molecule has 2 N–H and O–H groups in total. The molecule has 2 amide bonds. The zero-order valence-corrected chi connectivity index (χ0v) is 22.0. The number of benzene rings is 3. The number of nitrogens with one attached hydrogen (secondary N) is 2. The van der Waals surface area contributed by atoms with Crippen LogP contribution in [0.15, 0.2) is 72.8 Å². The first-order valence-corrected chi connectivity index (χ1v) is 13.1. The molecule has 1 fully saturated rings. The van der Waals surface area contributed by atoms with Crippen LogP contribution in [-0.2, 0) is 17.6 Å². The molecular weight excluding hydrogens is 462 g/mol. The maximum atomic E-state index is 13.2. The predicted octanol–water partition coefficient (Wildman–Crippen LogP) is 5.47. The second-order valence-electron chi connectivity index (χ2n) is 10.1. The van der Waals surface area contributed by atoms with Gasteiger partial charge in [-0.25, -0.2) is 0 Å². The largest absolute Gasteiger partial charge is 0.497 e. The number of anilines is 2. The van der Waals surface area contributed by atoms with E-state index >= 15 is 0 Å². The summed E-state index contributed by atoms with van der Waals surface area (Å²) in [6.45, 7) is 5.71. The lowest BCUT2D eigenvalue weighted by Gasteiger charge is -2.35. The molecule has 194 valence electrons. The monoisotopic (exact) mass is 499 g/mol. The van der Waals surface area contributed by atoms with Gasteiger partial charge in [0.1, 0.15) is 5.75 Å². The van der Waals surface area contributed by atoms with Gasteiger partial charge in [-0.3, -0.25) is 9.59 Å². The van der Waals surface area contributed by atoms with Crippen LogP contribution in [-0.4, -0.2) is 38.1 Å². The molecule has 1 saturated heterocycles. The van der Waals surface area contributed by atoms with Crippen LogP contribution in [0.4, 0.5) is 11.4 Å². The maximum absolute atomic E-state index is 13.2. The number of amides is 2. The Morgan fingerprint density at radius 3 is 2.30 bits per heavy atom. The minimum atomic E-state index is -0.130. The van der Waals surface area contributed by atoms with E-state index in [-0.39, 0.29) is 24.3 Å². The summed E-state index contributed by atoms with van der Waals surface area (Å²) in [5, 5.41) is 5.98. The van der Waals surface area contributed by atoms with Gasteiger partial charge in [0.05, 0.1) is 19.1 Å². The third-order valence-electron chi connectivity index (χ3n) is 6.79. The van der Waals surface area contributed by atoms with Gasteiger partial charge in [0.2, 0.25) is 5.91 Å². The summed E-state index contributed by atoms with van der Waals surface area (Å²) >= 11 is 0. The van der Waals surface area contributed by atoms with E-state index in [9.17, 15) is 9.59 Å². The first-order valence-electron chi connectivity index (χ1n) is 13.1. The highest BCUT2D eigenvalue weighted by molar-refractivity contribution is 6.02. The zero-order chi connectivity index (χ0) is 26.2. The topological polar surface area (TPSA) is 70.7 Å². The molecule has 6 nitrogen and oxygen atoms in total. The Hall–Kier alpha value is -3.80. The molecule has 1 heterocycles. The molecule has 0 unspecified atom stereocenters. The van der Waals surface area contributed by atoms with Gasteiger partial charge in [-0.05, 0) is 80.5 Å². The first kappa shape index (κ1) is 26.3. The fourth-order valence-electron chi connectivity index (χ4n) is 4.87. The summed E-state index contributed by atoms with van der Waals surface area (Å²) in [5.74, 6) is 1.14. The van der Waals surface area contributed by atoms with E-state index in [1.54, 1.807) is 13.2 Å². The highest BCUT2D eigenvalue weighted by Crippen LogP contribution is 2.30. The van der Waals surface area contributed by atoms with Gasteiger partial charge in [0.25, 0.3) is 5.91 Å². The Bertz CT molecular complexity index is 1180. The molecule has 6 heteroatoms. The Morgan fingerprint density at radius 2 is 1.65 bits per heavy atom. The predicted molar refractivity (Wildman–Crippen MR) is 149 cm³/mol. The van der Waals surface area contributed by atoms with Gasteiger partial charge in [-0.1, -0.05) is 42.5 Å². The van der Waals surface area contributed by atoms with Crippen molar-refractivity contribution in [2.24, 2.45) is 5.92 Å². The number of hydrogen-bond donors (Lipinski definition) is 2. The molecule has 37 heavy (non-hydrogen) atoms. The van der Waals surface area contributed by atoms with Crippen LogP contribution in [0.5, 0.6) is 5.75 Å². The van der Waals surface area contributed by atoms with Crippen LogP contribution in [0, 0.1) is 5.92 Å². The molecule has 3 aromatic rings. The number of carbonyl (C=O) groups excluding carboxylic acids is 2. The molecule has 0 atom stereocenters. The van der Waals surface area contributed by atoms with Gasteiger partial charge in [0.15, 0.2) is 0 Å². The van der Waals surface area contributed by atoms with Gasteiger partial charge >= 0.3 is 0 Å². The first-order chi connectivity index (χ1) is 17.9. The number of methoxy groups -OCH3 is 1. The minimum Gasteiger partial charge on any atom is -0.497 e. The van der Waals surface area contributed by atoms with E-state index in [2.05, 4.69) is 45.9 Å². The van der Waals surface area contributed by atoms with Crippen LogP contribution in [0.25, 0.3) is 0 Å². The van der Waals surface area contributed by atoms with E-state index in [1.807, 2.05) is 50.2 Å². The van der Waals surface area contributed by atoms with Crippen LogP contribution in [0.1, 0.15) is 48.2 Å². The molecule has 1 aliphatic rings. The SMILES string of the molecule is COc1ccc(CC(=O)Nc2ccc(N3CCC(Cc4ccccc4)CC3)c(C(=O)NC(C)C)c2)cc1. The van der Waals surface area contributed by atoms with Crippen molar-refractivity contribution >= 4 is 23.2 Å². The van der Waals surface area contributed by atoms with Crippen molar-refractivity contribution in [3.05, 3.63) is 89.5 Å².